The highest BCUT2D eigenvalue weighted by atomic mass is 32.2. The molecular weight excluding hydrogens is 391 g/mol. The van der Waals surface area contributed by atoms with Crippen LogP contribution in [0.25, 0.3) is 11.4 Å². The molecular formula is C21H21FN4O2S. The minimum Gasteiger partial charge on any atom is -0.496 e. The molecule has 3 rings (SSSR count). The molecule has 2 aromatic carbocycles. The van der Waals surface area contributed by atoms with Crippen LogP contribution in [0.4, 0.5) is 10.1 Å². The van der Waals surface area contributed by atoms with Crippen molar-refractivity contribution in [1.82, 2.24) is 14.8 Å². The maximum Gasteiger partial charge on any atom is 0.237 e. The number of anilines is 1. The number of hydrogen-bond donors (Lipinski definition) is 1. The molecule has 0 aliphatic heterocycles. The summed E-state index contributed by atoms with van der Waals surface area (Å²) in [6.45, 7) is 6.06. The zero-order chi connectivity index (χ0) is 20.8. The SMILES string of the molecule is C=CCn1c(S[C@H](C)C(=O)Nc2ccc(F)cc2)nnc1-c1ccccc1OC. The van der Waals surface area contributed by atoms with Crippen molar-refractivity contribution < 1.29 is 13.9 Å². The molecule has 0 spiro atoms. The zero-order valence-electron chi connectivity index (χ0n) is 16.1. The van der Waals surface area contributed by atoms with Crippen LogP contribution in [0.1, 0.15) is 6.92 Å². The van der Waals surface area contributed by atoms with Crippen LogP contribution in [0.2, 0.25) is 0 Å². The summed E-state index contributed by atoms with van der Waals surface area (Å²) in [6, 6.07) is 13.2. The first-order chi connectivity index (χ1) is 14.0. The van der Waals surface area contributed by atoms with Crippen LogP contribution >= 0.6 is 11.8 Å². The van der Waals surface area contributed by atoms with Gasteiger partial charge in [0.15, 0.2) is 11.0 Å². The number of carbonyl (C=O) groups is 1. The van der Waals surface area contributed by atoms with Gasteiger partial charge in [0.25, 0.3) is 0 Å². The molecule has 0 radical (unpaired) electrons. The molecule has 1 N–H and O–H groups in total. The third-order valence-corrected chi connectivity index (χ3v) is 5.22. The number of ether oxygens (including phenoxy) is 1. The molecule has 0 aliphatic rings. The lowest BCUT2D eigenvalue weighted by Gasteiger charge is -2.13. The number of para-hydroxylation sites is 1. The lowest BCUT2D eigenvalue weighted by molar-refractivity contribution is -0.115. The van der Waals surface area contributed by atoms with Crippen molar-refractivity contribution >= 4 is 23.4 Å². The van der Waals surface area contributed by atoms with Gasteiger partial charge >= 0.3 is 0 Å². The number of amides is 1. The standard InChI is InChI=1S/C21H21FN4O2S/c1-4-13-26-19(17-7-5-6-8-18(17)28-3)24-25-21(26)29-14(2)20(27)23-16-11-9-15(22)10-12-16/h4-12,14H,1,13H2,2-3H3,(H,23,27)/t14-/m1/s1. The topological polar surface area (TPSA) is 69.0 Å². The average Bonchev–Trinajstić information content (AvgIpc) is 3.12. The van der Waals surface area contributed by atoms with Crippen molar-refractivity contribution in [3.63, 3.8) is 0 Å². The number of carbonyl (C=O) groups excluding carboxylic acids is 1. The molecule has 0 fully saturated rings. The number of thioether (sulfide) groups is 1. The fourth-order valence-electron chi connectivity index (χ4n) is 2.69. The number of nitrogens with one attached hydrogen (secondary N) is 1. The quantitative estimate of drug-likeness (QED) is 0.439. The molecule has 1 amide bonds. The molecule has 1 atom stereocenters. The van der Waals surface area contributed by atoms with E-state index in [1.165, 1.54) is 36.0 Å². The first kappa shape index (κ1) is 20.6. The van der Waals surface area contributed by atoms with Gasteiger partial charge in [0, 0.05) is 12.2 Å². The van der Waals surface area contributed by atoms with Gasteiger partial charge in [-0.25, -0.2) is 4.39 Å². The van der Waals surface area contributed by atoms with Gasteiger partial charge in [-0.05, 0) is 43.3 Å². The van der Waals surface area contributed by atoms with Gasteiger partial charge in [0.1, 0.15) is 11.6 Å². The number of benzene rings is 2. The van der Waals surface area contributed by atoms with E-state index in [1.54, 1.807) is 20.1 Å². The Morgan fingerprint density at radius 3 is 2.69 bits per heavy atom. The summed E-state index contributed by atoms with van der Waals surface area (Å²) < 4.78 is 20.3. The second kappa shape index (κ2) is 9.38. The van der Waals surface area contributed by atoms with E-state index in [1.807, 2.05) is 28.8 Å². The van der Waals surface area contributed by atoms with Crippen LogP contribution in [-0.4, -0.2) is 33.0 Å². The first-order valence-electron chi connectivity index (χ1n) is 8.94. The van der Waals surface area contributed by atoms with Gasteiger partial charge in [-0.1, -0.05) is 30.0 Å². The van der Waals surface area contributed by atoms with Gasteiger partial charge in [-0.15, -0.1) is 16.8 Å². The predicted molar refractivity (Wildman–Crippen MR) is 113 cm³/mol. The normalized spacial score (nSPS) is 11.7. The third-order valence-electron chi connectivity index (χ3n) is 4.14. The Morgan fingerprint density at radius 2 is 2.00 bits per heavy atom. The molecule has 6 nitrogen and oxygen atoms in total. The number of hydrogen-bond acceptors (Lipinski definition) is 5. The van der Waals surface area contributed by atoms with Gasteiger partial charge in [-0.2, -0.15) is 0 Å². The number of halogens is 1. The molecule has 3 aromatic rings. The molecule has 0 aliphatic carbocycles. The van der Waals surface area contributed by atoms with Crippen LogP contribution < -0.4 is 10.1 Å². The molecule has 150 valence electrons. The Kier molecular flexibility index (Phi) is 6.66. The lowest BCUT2D eigenvalue weighted by atomic mass is 10.2. The number of allylic oxidation sites excluding steroid dienone is 1. The van der Waals surface area contributed by atoms with E-state index in [-0.39, 0.29) is 11.7 Å². The van der Waals surface area contributed by atoms with E-state index in [9.17, 15) is 9.18 Å². The maximum absolute atomic E-state index is 13.0. The highest BCUT2D eigenvalue weighted by Gasteiger charge is 2.21. The average molecular weight is 412 g/mol. The van der Waals surface area contributed by atoms with Crippen LogP contribution in [0.5, 0.6) is 5.75 Å². The third kappa shape index (κ3) is 4.83. The van der Waals surface area contributed by atoms with Gasteiger partial charge < -0.3 is 10.1 Å². The second-order valence-corrected chi connectivity index (χ2v) is 7.47. The van der Waals surface area contributed by atoms with Crippen LogP contribution in [0.3, 0.4) is 0 Å². The number of aromatic nitrogens is 3. The van der Waals surface area contributed by atoms with Crippen molar-refractivity contribution in [3.05, 3.63) is 67.0 Å². The summed E-state index contributed by atoms with van der Waals surface area (Å²) in [4.78, 5) is 12.5. The summed E-state index contributed by atoms with van der Waals surface area (Å²) in [7, 11) is 1.60. The number of nitrogens with zero attached hydrogens (tertiary/aromatic N) is 3. The molecule has 1 aromatic heterocycles. The molecule has 0 saturated carbocycles. The van der Waals surface area contributed by atoms with Gasteiger partial charge in [0.2, 0.25) is 5.91 Å². The van der Waals surface area contributed by atoms with E-state index in [0.717, 1.165) is 5.56 Å². The highest BCUT2D eigenvalue weighted by molar-refractivity contribution is 8.00. The van der Waals surface area contributed by atoms with E-state index >= 15 is 0 Å². The molecule has 1 heterocycles. The Morgan fingerprint density at radius 1 is 1.28 bits per heavy atom. The van der Waals surface area contributed by atoms with Gasteiger partial charge in [-0.3, -0.25) is 9.36 Å². The molecule has 0 bridgehead atoms. The van der Waals surface area contributed by atoms with E-state index in [4.69, 9.17) is 4.74 Å². The lowest BCUT2D eigenvalue weighted by Crippen LogP contribution is -2.23. The minimum absolute atomic E-state index is 0.214. The number of rotatable bonds is 8. The maximum atomic E-state index is 13.0. The van der Waals surface area contributed by atoms with Crippen LogP contribution in [-0.2, 0) is 11.3 Å². The van der Waals surface area contributed by atoms with Crippen LogP contribution in [0.15, 0.2) is 66.3 Å². The van der Waals surface area contributed by atoms with E-state index < -0.39 is 5.25 Å². The molecule has 29 heavy (non-hydrogen) atoms. The van der Waals surface area contributed by atoms with Crippen molar-refractivity contribution in [3.8, 4) is 17.1 Å². The molecule has 8 heteroatoms. The predicted octanol–water partition coefficient (Wildman–Crippen LogP) is 4.40. The fraction of sp³-hybridized carbons (Fsp3) is 0.190. The van der Waals surface area contributed by atoms with Crippen molar-refractivity contribution in [2.45, 2.75) is 23.9 Å². The largest absolute Gasteiger partial charge is 0.496 e. The Hall–Kier alpha value is -3.13. The fourth-order valence-corrected chi connectivity index (χ4v) is 3.55. The molecule has 0 unspecified atom stereocenters. The van der Waals surface area contributed by atoms with Crippen LogP contribution in [0, 0.1) is 5.82 Å². The summed E-state index contributed by atoms with van der Waals surface area (Å²) in [5.74, 6) is 0.750. The van der Waals surface area contributed by atoms with Crippen molar-refractivity contribution in [2.24, 2.45) is 0 Å². The Bertz CT molecular complexity index is 1000. The monoisotopic (exact) mass is 412 g/mol. The first-order valence-corrected chi connectivity index (χ1v) is 9.82. The van der Waals surface area contributed by atoms with Crippen molar-refractivity contribution in [1.29, 1.82) is 0 Å². The summed E-state index contributed by atoms with van der Waals surface area (Å²) >= 11 is 1.28. The highest BCUT2D eigenvalue weighted by Crippen LogP contribution is 2.32. The minimum atomic E-state index is -0.446. The summed E-state index contributed by atoms with van der Waals surface area (Å²) in [6.07, 6.45) is 1.75. The smallest absolute Gasteiger partial charge is 0.237 e. The van der Waals surface area contributed by atoms with Gasteiger partial charge in [0.05, 0.1) is 17.9 Å². The molecule has 0 saturated heterocycles. The summed E-state index contributed by atoms with van der Waals surface area (Å²) in [5.41, 5.74) is 1.34. The van der Waals surface area contributed by atoms with E-state index in [2.05, 4.69) is 22.1 Å². The second-order valence-electron chi connectivity index (χ2n) is 6.16. The van der Waals surface area contributed by atoms with Crippen molar-refractivity contribution in [2.75, 3.05) is 12.4 Å². The number of methoxy groups -OCH3 is 1. The zero-order valence-corrected chi connectivity index (χ0v) is 16.9. The Labute approximate surface area is 172 Å². The van der Waals surface area contributed by atoms with E-state index in [0.29, 0.717) is 29.0 Å². The summed E-state index contributed by atoms with van der Waals surface area (Å²) in [5, 5.41) is 11.5. The Balaban J connectivity index is 1.81.